The predicted octanol–water partition coefficient (Wildman–Crippen LogP) is 3.25. The van der Waals surface area contributed by atoms with Crippen LogP contribution < -0.4 is 0 Å². The van der Waals surface area contributed by atoms with Crippen molar-refractivity contribution in [2.24, 2.45) is 5.41 Å². The zero-order valence-electron chi connectivity index (χ0n) is 11.7. The van der Waals surface area contributed by atoms with E-state index in [0.717, 1.165) is 0 Å². The molecular weight excluding hydrogens is 220 g/mol. The number of carboxylic acids is 1. The summed E-state index contributed by atoms with van der Waals surface area (Å²) in [6.07, 6.45) is 2.42. The summed E-state index contributed by atoms with van der Waals surface area (Å²) in [5, 5.41) is 8.28. The summed E-state index contributed by atoms with van der Waals surface area (Å²) in [6, 6.07) is 0. The lowest BCUT2D eigenvalue weighted by molar-refractivity contribution is -0.149. The van der Waals surface area contributed by atoms with Crippen molar-refractivity contribution >= 4 is 11.9 Å². The molecule has 0 aromatic heterocycles. The molecule has 0 aromatic rings. The summed E-state index contributed by atoms with van der Waals surface area (Å²) in [6.45, 7) is 10.5. The van der Waals surface area contributed by atoms with Crippen molar-refractivity contribution in [2.75, 3.05) is 6.61 Å². The fourth-order valence-electron chi connectivity index (χ4n) is 0.578. The van der Waals surface area contributed by atoms with Crippen LogP contribution in [0.5, 0.6) is 0 Å². The summed E-state index contributed by atoms with van der Waals surface area (Å²) in [5.74, 6) is -1.43. The van der Waals surface area contributed by atoms with Crippen molar-refractivity contribution in [2.45, 2.75) is 60.3 Å². The number of ether oxygens (including phenoxy) is 1. The third-order valence-corrected chi connectivity index (χ3v) is 1.71. The van der Waals surface area contributed by atoms with E-state index in [-0.39, 0.29) is 18.3 Å². The van der Waals surface area contributed by atoms with Crippen LogP contribution in [-0.4, -0.2) is 23.7 Å². The molecule has 0 radical (unpaired) electrons. The van der Waals surface area contributed by atoms with Crippen molar-refractivity contribution in [1.29, 1.82) is 0 Å². The third kappa shape index (κ3) is 20.9. The van der Waals surface area contributed by atoms with Crippen molar-refractivity contribution in [3.8, 4) is 0 Å². The lowest BCUT2D eigenvalue weighted by atomic mass is 9.99. The molecule has 0 spiro atoms. The molecule has 1 N–H and O–H groups in total. The summed E-state index contributed by atoms with van der Waals surface area (Å²) >= 11 is 0. The first-order valence-corrected chi connectivity index (χ1v) is 6.10. The maximum atomic E-state index is 10.9. The van der Waals surface area contributed by atoms with Gasteiger partial charge in [0.2, 0.25) is 0 Å². The van der Waals surface area contributed by atoms with Crippen LogP contribution in [0.3, 0.4) is 0 Å². The molecule has 0 amide bonds. The van der Waals surface area contributed by atoms with Gasteiger partial charge in [-0.3, -0.25) is 9.59 Å². The highest BCUT2D eigenvalue weighted by Gasteiger charge is 2.14. The molecule has 0 aromatic carbocycles. The number of carbonyl (C=O) groups excluding carboxylic acids is 1. The number of esters is 1. The second-order valence-electron chi connectivity index (χ2n) is 5.12. The largest absolute Gasteiger partial charge is 0.481 e. The standard InChI is InChI=1S/C9H16O4.C4H10/c1-9(2,3)6-13-8(12)5-4-7(10)11;1-3-4-2/h4-6H2,1-3H3,(H,10,11);3-4H2,1-2H3. The summed E-state index contributed by atoms with van der Waals surface area (Å²) in [7, 11) is 0. The van der Waals surface area contributed by atoms with Crippen LogP contribution >= 0.6 is 0 Å². The van der Waals surface area contributed by atoms with Crippen molar-refractivity contribution in [1.82, 2.24) is 0 Å². The monoisotopic (exact) mass is 246 g/mol. The van der Waals surface area contributed by atoms with Crippen LogP contribution in [0.25, 0.3) is 0 Å². The molecule has 0 saturated carbocycles. The lowest BCUT2D eigenvalue weighted by Crippen LogP contribution is -2.18. The molecule has 0 aliphatic heterocycles. The summed E-state index contributed by atoms with van der Waals surface area (Å²) in [5.41, 5.74) is -0.0706. The van der Waals surface area contributed by atoms with E-state index in [1.54, 1.807) is 0 Å². The van der Waals surface area contributed by atoms with Crippen LogP contribution in [0.2, 0.25) is 0 Å². The number of hydrogen-bond acceptors (Lipinski definition) is 3. The van der Waals surface area contributed by atoms with Crippen molar-refractivity contribution in [3.63, 3.8) is 0 Å². The number of rotatable bonds is 5. The van der Waals surface area contributed by atoms with Crippen LogP contribution in [0.1, 0.15) is 60.3 Å². The minimum atomic E-state index is -0.979. The molecule has 0 heterocycles. The fraction of sp³-hybridized carbons (Fsp3) is 0.846. The highest BCUT2D eigenvalue weighted by Crippen LogP contribution is 2.13. The number of aliphatic carboxylic acids is 1. The molecule has 0 fully saturated rings. The first-order valence-electron chi connectivity index (χ1n) is 6.10. The van der Waals surface area contributed by atoms with E-state index in [1.165, 1.54) is 12.8 Å². The van der Waals surface area contributed by atoms with Gasteiger partial charge in [0, 0.05) is 0 Å². The number of carboxylic acid groups (broad SMARTS) is 1. The molecule has 0 atom stereocenters. The van der Waals surface area contributed by atoms with Gasteiger partial charge in [-0.2, -0.15) is 0 Å². The Balaban J connectivity index is 0. The molecule has 4 heteroatoms. The van der Waals surface area contributed by atoms with Gasteiger partial charge in [0.25, 0.3) is 0 Å². The molecule has 4 nitrogen and oxygen atoms in total. The van der Waals surface area contributed by atoms with E-state index in [1.807, 2.05) is 20.8 Å². The van der Waals surface area contributed by atoms with E-state index in [9.17, 15) is 9.59 Å². The quantitative estimate of drug-likeness (QED) is 0.756. The smallest absolute Gasteiger partial charge is 0.306 e. The van der Waals surface area contributed by atoms with Gasteiger partial charge in [-0.25, -0.2) is 0 Å². The minimum Gasteiger partial charge on any atom is -0.481 e. The molecule has 0 aliphatic carbocycles. The maximum absolute atomic E-state index is 10.9. The Morgan fingerprint density at radius 3 is 1.82 bits per heavy atom. The first-order chi connectivity index (χ1) is 7.72. The second kappa shape index (κ2) is 10.1. The van der Waals surface area contributed by atoms with Gasteiger partial charge in [0.15, 0.2) is 0 Å². The molecule has 17 heavy (non-hydrogen) atoms. The van der Waals surface area contributed by atoms with E-state index in [2.05, 4.69) is 13.8 Å². The highest BCUT2D eigenvalue weighted by molar-refractivity contribution is 5.76. The summed E-state index contributed by atoms with van der Waals surface area (Å²) in [4.78, 5) is 21.0. The number of hydrogen-bond donors (Lipinski definition) is 1. The Morgan fingerprint density at radius 2 is 1.53 bits per heavy atom. The maximum Gasteiger partial charge on any atom is 0.306 e. The van der Waals surface area contributed by atoms with Crippen molar-refractivity contribution < 1.29 is 19.4 Å². The predicted molar refractivity (Wildman–Crippen MR) is 67.9 cm³/mol. The topological polar surface area (TPSA) is 63.6 Å². The van der Waals surface area contributed by atoms with Gasteiger partial charge < -0.3 is 9.84 Å². The average molecular weight is 246 g/mol. The van der Waals surface area contributed by atoms with Gasteiger partial charge in [-0.1, -0.05) is 47.5 Å². The molecule has 0 unspecified atom stereocenters. The van der Waals surface area contributed by atoms with Crippen LogP contribution in [0, 0.1) is 5.41 Å². The van der Waals surface area contributed by atoms with E-state index in [0.29, 0.717) is 6.61 Å². The Kier molecular flexibility index (Phi) is 10.9. The van der Waals surface area contributed by atoms with Gasteiger partial charge in [0.1, 0.15) is 0 Å². The van der Waals surface area contributed by atoms with Crippen LogP contribution in [-0.2, 0) is 14.3 Å². The normalized spacial score (nSPS) is 10.2. The Bertz CT molecular complexity index is 214. The molecule has 0 bridgehead atoms. The number of carbonyl (C=O) groups is 2. The zero-order chi connectivity index (χ0) is 13.9. The zero-order valence-corrected chi connectivity index (χ0v) is 11.7. The van der Waals surface area contributed by atoms with Crippen LogP contribution in [0.15, 0.2) is 0 Å². The number of unbranched alkanes of at least 4 members (excludes halogenated alkanes) is 1. The van der Waals surface area contributed by atoms with Crippen molar-refractivity contribution in [3.05, 3.63) is 0 Å². The molecule has 102 valence electrons. The van der Waals surface area contributed by atoms with Gasteiger partial charge in [-0.15, -0.1) is 0 Å². The SMILES string of the molecule is CC(C)(C)COC(=O)CCC(=O)O.CCCC. The van der Waals surface area contributed by atoms with Gasteiger partial charge in [-0.05, 0) is 5.41 Å². The highest BCUT2D eigenvalue weighted by atomic mass is 16.5. The Morgan fingerprint density at radius 1 is 1.06 bits per heavy atom. The third-order valence-electron chi connectivity index (χ3n) is 1.71. The van der Waals surface area contributed by atoms with E-state index >= 15 is 0 Å². The molecule has 0 aliphatic rings. The Labute approximate surface area is 104 Å². The average Bonchev–Trinajstić information content (AvgIpc) is 2.23. The minimum absolute atomic E-state index is 0.0502. The molecular formula is C13H26O4. The summed E-state index contributed by atoms with van der Waals surface area (Å²) < 4.78 is 4.85. The second-order valence-corrected chi connectivity index (χ2v) is 5.12. The first kappa shape index (κ1) is 18.3. The van der Waals surface area contributed by atoms with E-state index < -0.39 is 11.9 Å². The Hall–Kier alpha value is -1.06. The molecule has 0 rings (SSSR count). The van der Waals surface area contributed by atoms with Gasteiger partial charge in [0.05, 0.1) is 19.4 Å². The lowest BCUT2D eigenvalue weighted by Gasteiger charge is -2.17. The van der Waals surface area contributed by atoms with Gasteiger partial charge >= 0.3 is 11.9 Å². The van der Waals surface area contributed by atoms with E-state index in [4.69, 9.17) is 9.84 Å². The fourth-order valence-corrected chi connectivity index (χ4v) is 0.578. The van der Waals surface area contributed by atoms with Crippen LogP contribution in [0.4, 0.5) is 0 Å². The molecule has 0 saturated heterocycles.